The van der Waals surface area contributed by atoms with Gasteiger partial charge in [0, 0.05) is 35.3 Å². The summed E-state index contributed by atoms with van der Waals surface area (Å²) in [5, 5.41) is 7.85. The Hall–Kier alpha value is -3.33. The van der Waals surface area contributed by atoms with Gasteiger partial charge in [0.2, 0.25) is 0 Å². The number of nitrogens with zero attached hydrogens (tertiary/aromatic N) is 2. The molecule has 1 aliphatic rings. The van der Waals surface area contributed by atoms with Crippen LogP contribution in [0.3, 0.4) is 0 Å². The van der Waals surface area contributed by atoms with E-state index in [-0.39, 0.29) is 6.04 Å². The van der Waals surface area contributed by atoms with Gasteiger partial charge in [-0.2, -0.15) is 0 Å². The van der Waals surface area contributed by atoms with E-state index >= 15 is 0 Å². The van der Waals surface area contributed by atoms with E-state index < -0.39 is 0 Å². The van der Waals surface area contributed by atoms with E-state index in [2.05, 4.69) is 82.4 Å². The molecular formula is C25H20N2O. The van der Waals surface area contributed by atoms with Crippen molar-refractivity contribution in [1.82, 2.24) is 4.57 Å². The van der Waals surface area contributed by atoms with Gasteiger partial charge in [-0.05, 0) is 33.7 Å². The highest BCUT2D eigenvalue weighted by molar-refractivity contribution is 6.27. The zero-order valence-electron chi connectivity index (χ0n) is 15.7. The molecule has 5 aromatic rings. The van der Waals surface area contributed by atoms with Gasteiger partial charge in [0.25, 0.3) is 0 Å². The number of fused-ring (bicyclic) bond motifs is 7. The van der Waals surface area contributed by atoms with Crippen molar-refractivity contribution in [2.45, 2.75) is 19.5 Å². The normalized spacial score (nSPS) is 16.9. The van der Waals surface area contributed by atoms with Crippen LogP contribution in [0, 0.1) is 0 Å². The highest BCUT2D eigenvalue weighted by atomic mass is 16.5. The first-order valence-electron chi connectivity index (χ1n) is 9.78. The largest absolute Gasteiger partial charge is 0.479 e. The zero-order valence-corrected chi connectivity index (χ0v) is 15.7. The van der Waals surface area contributed by atoms with Crippen molar-refractivity contribution < 1.29 is 4.74 Å². The van der Waals surface area contributed by atoms with Gasteiger partial charge in [-0.25, -0.2) is 4.99 Å². The van der Waals surface area contributed by atoms with Crippen molar-refractivity contribution in [2.75, 3.05) is 6.61 Å². The standard InChI is InChI=1S/C25H20N2O/c1-16-26-19(15-28-16)14-27-22-12-10-17-6-2-4-8-20(17)24(22)25-21-9-5-3-7-18(21)11-13-23(25)27/h2-13,19H,14-15H2,1H3/t19-/m0/s1. The minimum Gasteiger partial charge on any atom is -0.479 e. The zero-order chi connectivity index (χ0) is 18.7. The fraction of sp³-hybridized carbons (Fsp3) is 0.160. The number of benzene rings is 4. The lowest BCUT2D eigenvalue weighted by atomic mass is 10.00. The quantitative estimate of drug-likeness (QED) is 0.382. The molecule has 0 aliphatic carbocycles. The van der Waals surface area contributed by atoms with Crippen LogP contribution in [0.2, 0.25) is 0 Å². The van der Waals surface area contributed by atoms with Crippen LogP contribution in [-0.4, -0.2) is 23.1 Å². The maximum Gasteiger partial charge on any atom is 0.180 e. The molecule has 0 fully saturated rings. The fourth-order valence-electron chi connectivity index (χ4n) is 4.67. The molecule has 0 spiro atoms. The Morgan fingerprint density at radius 2 is 1.39 bits per heavy atom. The Kier molecular flexibility index (Phi) is 3.27. The number of hydrogen-bond acceptors (Lipinski definition) is 2. The first kappa shape index (κ1) is 15.7. The maximum absolute atomic E-state index is 5.62. The molecule has 28 heavy (non-hydrogen) atoms. The third kappa shape index (κ3) is 2.19. The van der Waals surface area contributed by atoms with Gasteiger partial charge in [0.15, 0.2) is 5.90 Å². The van der Waals surface area contributed by atoms with Crippen LogP contribution < -0.4 is 0 Å². The Balaban J connectivity index is 1.77. The summed E-state index contributed by atoms with van der Waals surface area (Å²) in [6, 6.07) is 26.5. The monoisotopic (exact) mass is 364 g/mol. The highest BCUT2D eigenvalue weighted by Gasteiger charge is 2.21. The molecule has 0 saturated carbocycles. The second-order valence-electron chi connectivity index (χ2n) is 7.59. The lowest BCUT2D eigenvalue weighted by Gasteiger charge is -2.11. The van der Waals surface area contributed by atoms with E-state index in [0.717, 1.165) is 12.4 Å². The van der Waals surface area contributed by atoms with Crippen molar-refractivity contribution in [2.24, 2.45) is 4.99 Å². The fourth-order valence-corrected chi connectivity index (χ4v) is 4.67. The molecule has 2 heterocycles. The third-order valence-electron chi connectivity index (χ3n) is 5.89. The van der Waals surface area contributed by atoms with E-state index in [1.165, 1.54) is 43.4 Å². The molecular weight excluding hydrogens is 344 g/mol. The van der Waals surface area contributed by atoms with E-state index in [4.69, 9.17) is 4.74 Å². The first-order chi connectivity index (χ1) is 13.8. The molecule has 1 atom stereocenters. The molecule has 0 bridgehead atoms. The van der Waals surface area contributed by atoms with Crippen LogP contribution in [0.15, 0.2) is 77.8 Å². The molecule has 3 heteroatoms. The van der Waals surface area contributed by atoms with Gasteiger partial charge in [-0.1, -0.05) is 60.7 Å². The molecule has 6 rings (SSSR count). The summed E-state index contributed by atoms with van der Waals surface area (Å²) in [5.41, 5.74) is 2.54. The van der Waals surface area contributed by atoms with Gasteiger partial charge in [-0.3, -0.25) is 0 Å². The van der Waals surface area contributed by atoms with Crippen molar-refractivity contribution in [3.63, 3.8) is 0 Å². The predicted molar refractivity (Wildman–Crippen MR) is 117 cm³/mol. The molecule has 0 saturated heterocycles. The topological polar surface area (TPSA) is 26.5 Å². The van der Waals surface area contributed by atoms with Crippen LogP contribution in [0.4, 0.5) is 0 Å². The van der Waals surface area contributed by atoms with Crippen molar-refractivity contribution in [1.29, 1.82) is 0 Å². The van der Waals surface area contributed by atoms with Crippen LogP contribution in [0.5, 0.6) is 0 Å². The molecule has 3 nitrogen and oxygen atoms in total. The summed E-state index contributed by atoms with van der Waals surface area (Å²) < 4.78 is 8.05. The maximum atomic E-state index is 5.62. The van der Waals surface area contributed by atoms with Gasteiger partial charge < -0.3 is 9.30 Å². The van der Waals surface area contributed by atoms with Gasteiger partial charge in [-0.15, -0.1) is 0 Å². The second kappa shape index (κ2) is 5.83. The predicted octanol–water partition coefficient (Wildman–Crippen LogP) is 5.92. The average Bonchev–Trinajstić information content (AvgIpc) is 3.29. The molecule has 0 radical (unpaired) electrons. The Morgan fingerprint density at radius 3 is 1.93 bits per heavy atom. The smallest absolute Gasteiger partial charge is 0.180 e. The van der Waals surface area contributed by atoms with E-state index in [9.17, 15) is 0 Å². The molecule has 136 valence electrons. The van der Waals surface area contributed by atoms with Crippen LogP contribution in [0.1, 0.15) is 6.92 Å². The summed E-state index contributed by atoms with van der Waals surface area (Å²) in [7, 11) is 0. The van der Waals surface area contributed by atoms with Gasteiger partial charge >= 0.3 is 0 Å². The number of aromatic nitrogens is 1. The number of hydrogen-bond donors (Lipinski definition) is 0. The number of ether oxygens (including phenoxy) is 1. The lowest BCUT2D eigenvalue weighted by molar-refractivity contribution is 0.305. The van der Waals surface area contributed by atoms with Gasteiger partial charge in [0.1, 0.15) is 12.6 Å². The molecule has 0 N–H and O–H groups in total. The molecule has 1 aromatic heterocycles. The van der Waals surface area contributed by atoms with Crippen molar-refractivity contribution >= 4 is 49.2 Å². The van der Waals surface area contributed by atoms with E-state index in [1.54, 1.807) is 0 Å². The summed E-state index contributed by atoms with van der Waals surface area (Å²) in [6.07, 6.45) is 0. The van der Waals surface area contributed by atoms with Crippen LogP contribution >= 0.6 is 0 Å². The summed E-state index contributed by atoms with van der Waals surface area (Å²) in [5.74, 6) is 0.793. The number of aliphatic imine (C=N–C) groups is 1. The van der Waals surface area contributed by atoms with Crippen LogP contribution in [0.25, 0.3) is 43.4 Å². The van der Waals surface area contributed by atoms with Crippen molar-refractivity contribution in [3.8, 4) is 0 Å². The third-order valence-corrected chi connectivity index (χ3v) is 5.89. The Morgan fingerprint density at radius 1 is 0.821 bits per heavy atom. The number of rotatable bonds is 2. The summed E-state index contributed by atoms with van der Waals surface area (Å²) in [6.45, 7) is 3.43. The molecule has 4 aromatic carbocycles. The highest BCUT2D eigenvalue weighted by Crippen LogP contribution is 2.39. The minimum atomic E-state index is 0.164. The Bertz CT molecular complexity index is 1320. The van der Waals surface area contributed by atoms with Crippen molar-refractivity contribution in [3.05, 3.63) is 72.8 Å². The van der Waals surface area contributed by atoms with Gasteiger partial charge in [0.05, 0.1) is 0 Å². The lowest BCUT2D eigenvalue weighted by Crippen LogP contribution is -2.15. The minimum absolute atomic E-state index is 0.164. The van der Waals surface area contributed by atoms with E-state index in [0.29, 0.717) is 6.61 Å². The Labute approximate surface area is 162 Å². The SMILES string of the molecule is CC1=N[C@@H](Cn2c3ccc4ccccc4c3c3c4ccccc4ccc32)CO1. The molecule has 0 amide bonds. The van der Waals surface area contributed by atoms with Crippen LogP contribution in [-0.2, 0) is 11.3 Å². The molecule has 1 aliphatic heterocycles. The average molecular weight is 364 g/mol. The second-order valence-corrected chi connectivity index (χ2v) is 7.59. The first-order valence-corrected chi connectivity index (χ1v) is 9.78. The summed E-state index contributed by atoms with van der Waals surface area (Å²) in [4.78, 5) is 4.68. The van der Waals surface area contributed by atoms with E-state index in [1.807, 2.05) is 6.92 Å². The molecule has 0 unspecified atom stereocenters. The summed E-state index contributed by atoms with van der Waals surface area (Å²) >= 11 is 0.